The number of methoxy groups -OCH3 is 1. The zero-order chi connectivity index (χ0) is 19.2. The van der Waals surface area contributed by atoms with Crippen molar-refractivity contribution in [1.82, 2.24) is 15.0 Å². The van der Waals surface area contributed by atoms with E-state index in [-0.39, 0.29) is 23.9 Å². The van der Waals surface area contributed by atoms with Crippen molar-refractivity contribution >= 4 is 15.9 Å². The number of amides is 1. The fourth-order valence-electron chi connectivity index (χ4n) is 2.12. The van der Waals surface area contributed by atoms with Crippen LogP contribution in [0.15, 0.2) is 47.5 Å². The van der Waals surface area contributed by atoms with Gasteiger partial charge in [0.1, 0.15) is 0 Å². The van der Waals surface area contributed by atoms with Gasteiger partial charge in [-0.25, -0.2) is 18.1 Å². The summed E-state index contributed by atoms with van der Waals surface area (Å²) in [6.07, 6.45) is 0.800. The smallest absolute Gasteiger partial charge is 0.251 e. The molecule has 1 aromatic heterocycles. The lowest BCUT2D eigenvalue weighted by molar-refractivity contribution is 0.0950. The van der Waals surface area contributed by atoms with Crippen LogP contribution in [0.5, 0.6) is 5.88 Å². The Bertz CT molecular complexity index is 851. The molecule has 0 aliphatic heterocycles. The van der Waals surface area contributed by atoms with Gasteiger partial charge in [0.2, 0.25) is 15.9 Å². The van der Waals surface area contributed by atoms with Crippen molar-refractivity contribution in [3.05, 3.63) is 53.7 Å². The molecule has 0 saturated carbocycles. The molecule has 0 aliphatic rings. The average molecular weight is 379 g/mol. The summed E-state index contributed by atoms with van der Waals surface area (Å²) < 4.78 is 31.5. The topological polar surface area (TPSA) is 118 Å². The van der Waals surface area contributed by atoms with Crippen LogP contribution >= 0.6 is 0 Å². The minimum absolute atomic E-state index is 0.0172. The highest BCUT2D eigenvalue weighted by atomic mass is 32.2. The maximum absolute atomic E-state index is 12.2. The first-order valence-electron chi connectivity index (χ1n) is 7.87. The molecule has 2 rings (SSSR count). The zero-order valence-corrected chi connectivity index (χ0v) is 15.3. The minimum Gasteiger partial charge on any atom is -0.481 e. The first-order chi connectivity index (χ1) is 12.3. The Morgan fingerprint density at radius 2 is 1.96 bits per heavy atom. The molecule has 0 saturated heterocycles. The fraction of sp³-hybridized carbons (Fsp3) is 0.294. The molecule has 0 radical (unpaired) electrons. The summed E-state index contributed by atoms with van der Waals surface area (Å²) in [6.45, 7) is 1.62. The molecular weight excluding hydrogens is 358 g/mol. The number of sulfonamides is 1. The first kappa shape index (κ1) is 19.8. The third kappa shape index (κ3) is 5.25. The number of aliphatic hydroxyl groups is 1. The Labute approximate surface area is 152 Å². The number of aliphatic hydroxyl groups excluding tert-OH is 1. The van der Waals surface area contributed by atoms with E-state index >= 15 is 0 Å². The van der Waals surface area contributed by atoms with E-state index in [9.17, 15) is 18.3 Å². The summed E-state index contributed by atoms with van der Waals surface area (Å²) in [7, 11) is -2.23. The lowest BCUT2D eigenvalue weighted by Gasteiger charge is -2.10. The molecule has 1 unspecified atom stereocenters. The predicted molar refractivity (Wildman–Crippen MR) is 95.3 cm³/mol. The van der Waals surface area contributed by atoms with Crippen molar-refractivity contribution in [3.8, 4) is 5.88 Å². The van der Waals surface area contributed by atoms with E-state index in [2.05, 4.69) is 15.0 Å². The Balaban J connectivity index is 2.02. The lowest BCUT2D eigenvalue weighted by atomic mass is 10.2. The van der Waals surface area contributed by atoms with Gasteiger partial charge < -0.3 is 15.2 Å². The van der Waals surface area contributed by atoms with Gasteiger partial charge in [-0.05, 0) is 37.3 Å². The van der Waals surface area contributed by atoms with Gasteiger partial charge in [0.05, 0.1) is 18.1 Å². The number of carbonyl (C=O) groups is 1. The molecule has 2 aromatic rings. The van der Waals surface area contributed by atoms with Gasteiger partial charge >= 0.3 is 0 Å². The molecule has 1 aromatic carbocycles. The van der Waals surface area contributed by atoms with E-state index in [1.54, 1.807) is 18.3 Å². The van der Waals surface area contributed by atoms with Crippen molar-refractivity contribution in [1.29, 1.82) is 0 Å². The van der Waals surface area contributed by atoms with Gasteiger partial charge in [0, 0.05) is 30.4 Å². The molecule has 1 atom stereocenters. The standard InChI is InChI=1S/C17H21N3O5S/c1-12(21)10-20-26(23,24)15-7-5-13(6-8-15)16(22)19-11-14-4-3-9-18-17(14)25-2/h3-9,12,20-21H,10-11H2,1-2H3,(H,19,22). The molecule has 1 heterocycles. The van der Waals surface area contributed by atoms with Crippen LogP contribution < -0.4 is 14.8 Å². The second-order valence-electron chi connectivity index (χ2n) is 5.58. The maximum atomic E-state index is 12.2. The van der Waals surface area contributed by atoms with Crippen LogP contribution in [-0.4, -0.2) is 44.2 Å². The number of hydrogen-bond donors (Lipinski definition) is 3. The second kappa shape index (κ2) is 8.75. The third-order valence-electron chi connectivity index (χ3n) is 3.48. The molecule has 0 aliphatic carbocycles. The average Bonchev–Trinajstić information content (AvgIpc) is 2.65. The SMILES string of the molecule is COc1ncccc1CNC(=O)c1ccc(S(=O)(=O)NCC(C)O)cc1. The molecule has 3 N–H and O–H groups in total. The van der Waals surface area contributed by atoms with E-state index < -0.39 is 16.1 Å². The summed E-state index contributed by atoms with van der Waals surface area (Å²) >= 11 is 0. The van der Waals surface area contributed by atoms with Crippen LogP contribution in [0.1, 0.15) is 22.8 Å². The summed E-state index contributed by atoms with van der Waals surface area (Å²) in [5.74, 6) is 0.0789. The summed E-state index contributed by atoms with van der Waals surface area (Å²) in [5, 5.41) is 11.9. The number of pyridine rings is 1. The van der Waals surface area contributed by atoms with Crippen molar-refractivity contribution < 1.29 is 23.1 Å². The van der Waals surface area contributed by atoms with E-state index in [1.165, 1.54) is 38.3 Å². The Morgan fingerprint density at radius 1 is 1.27 bits per heavy atom. The molecular formula is C17H21N3O5S. The second-order valence-corrected chi connectivity index (χ2v) is 7.35. The number of aromatic nitrogens is 1. The molecule has 9 heteroatoms. The highest BCUT2D eigenvalue weighted by molar-refractivity contribution is 7.89. The molecule has 0 spiro atoms. The Hall–Kier alpha value is -2.49. The first-order valence-corrected chi connectivity index (χ1v) is 9.35. The van der Waals surface area contributed by atoms with Crippen molar-refractivity contribution in [2.45, 2.75) is 24.5 Å². The minimum atomic E-state index is -3.73. The van der Waals surface area contributed by atoms with E-state index in [0.29, 0.717) is 11.4 Å². The third-order valence-corrected chi connectivity index (χ3v) is 4.92. The van der Waals surface area contributed by atoms with Crippen LogP contribution in [0.3, 0.4) is 0 Å². The monoisotopic (exact) mass is 379 g/mol. The fourth-order valence-corrected chi connectivity index (χ4v) is 3.24. The van der Waals surface area contributed by atoms with E-state index in [0.717, 1.165) is 5.56 Å². The highest BCUT2D eigenvalue weighted by Crippen LogP contribution is 2.14. The van der Waals surface area contributed by atoms with Crippen LogP contribution in [0.4, 0.5) is 0 Å². The number of hydrogen-bond acceptors (Lipinski definition) is 6. The Kier molecular flexibility index (Phi) is 6.67. The van der Waals surface area contributed by atoms with Crippen LogP contribution in [-0.2, 0) is 16.6 Å². The molecule has 8 nitrogen and oxygen atoms in total. The number of nitrogens with zero attached hydrogens (tertiary/aromatic N) is 1. The summed E-state index contributed by atoms with van der Waals surface area (Å²) in [4.78, 5) is 16.3. The Morgan fingerprint density at radius 3 is 2.58 bits per heavy atom. The zero-order valence-electron chi connectivity index (χ0n) is 14.5. The highest BCUT2D eigenvalue weighted by Gasteiger charge is 2.15. The van der Waals surface area contributed by atoms with Gasteiger partial charge in [0.25, 0.3) is 5.91 Å². The number of nitrogens with one attached hydrogen (secondary N) is 2. The number of carbonyl (C=O) groups excluding carboxylic acids is 1. The van der Waals surface area contributed by atoms with Gasteiger partial charge in [-0.15, -0.1) is 0 Å². The molecule has 1 amide bonds. The van der Waals surface area contributed by atoms with E-state index in [1.807, 2.05) is 0 Å². The van der Waals surface area contributed by atoms with E-state index in [4.69, 9.17) is 4.74 Å². The lowest BCUT2D eigenvalue weighted by Crippen LogP contribution is -2.30. The largest absolute Gasteiger partial charge is 0.481 e. The van der Waals surface area contributed by atoms with Crippen LogP contribution in [0.25, 0.3) is 0 Å². The van der Waals surface area contributed by atoms with Crippen molar-refractivity contribution in [2.24, 2.45) is 0 Å². The number of benzene rings is 1. The van der Waals surface area contributed by atoms with Gasteiger partial charge in [-0.2, -0.15) is 0 Å². The molecule has 0 fully saturated rings. The predicted octanol–water partition coefficient (Wildman–Crippen LogP) is 0.679. The van der Waals surface area contributed by atoms with Gasteiger partial charge in [-0.3, -0.25) is 4.79 Å². The normalized spacial score (nSPS) is 12.4. The quantitative estimate of drug-likeness (QED) is 0.621. The molecule has 140 valence electrons. The maximum Gasteiger partial charge on any atom is 0.251 e. The molecule has 26 heavy (non-hydrogen) atoms. The van der Waals surface area contributed by atoms with Crippen molar-refractivity contribution in [2.75, 3.05) is 13.7 Å². The summed E-state index contributed by atoms with van der Waals surface area (Å²) in [5.41, 5.74) is 1.05. The summed E-state index contributed by atoms with van der Waals surface area (Å²) in [6, 6.07) is 9.05. The number of rotatable bonds is 8. The van der Waals surface area contributed by atoms with Gasteiger partial charge in [0.15, 0.2) is 0 Å². The van der Waals surface area contributed by atoms with Crippen LogP contribution in [0.2, 0.25) is 0 Å². The van der Waals surface area contributed by atoms with Crippen molar-refractivity contribution in [3.63, 3.8) is 0 Å². The van der Waals surface area contributed by atoms with Crippen LogP contribution in [0, 0.1) is 0 Å². The molecule has 0 bridgehead atoms. The van der Waals surface area contributed by atoms with Gasteiger partial charge in [-0.1, -0.05) is 6.07 Å². The number of ether oxygens (including phenoxy) is 1.